The van der Waals surface area contributed by atoms with E-state index in [0.717, 1.165) is 18.1 Å². The van der Waals surface area contributed by atoms with Crippen LogP contribution in [0.1, 0.15) is 47.4 Å². The van der Waals surface area contributed by atoms with Crippen LogP contribution in [0.4, 0.5) is 0 Å². The van der Waals surface area contributed by atoms with Crippen LogP contribution < -0.4 is 0 Å². The van der Waals surface area contributed by atoms with Crippen molar-refractivity contribution in [3.05, 3.63) is 84.0 Å². The minimum absolute atomic E-state index is 0.0440. The second kappa shape index (κ2) is 10.1. The van der Waals surface area contributed by atoms with Crippen LogP contribution >= 0.6 is 0 Å². The molecule has 0 aliphatic rings. The van der Waals surface area contributed by atoms with Crippen LogP contribution in [-0.4, -0.2) is 21.9 Å². The van der Waals surface area contributed by atoms with E-state index in [2.05, 4.69) is 6.58 Å². The molecule has 0 aromatic heterocycles. The summed E-state index contributed by atoms with van der Waals surface area (Å²) in [6.45, 7) is 5.67. The lowest BCUT2D eigenvalue weighted by atomic mass is 9.99. The van der Waals surface area contributed by atoms with E-state index in [-0.39, 0.29) is 29.2 Å². The summed E-state index contributed by atoms with van der Waals surface area (Å²) in [7, 11) is 0. The van der Waals surface area contributed by atoms with E-state index in [1.807, 2.05) is 43.3 Å². The molecule has 0 fully saturated rings. The normalized spacial score (nSPS) is 11.9. The Kier molecular flexibility index (Phi) is 7.57. The number of nitrogens with one attached hydrogen (secondary N) is 1. The molecule has 5 nitrogen and oxygen atoms in total. The Morgan fingerprint density at radius 2 is 1.96 bits per heavy atom. The third-order valence-corrected chi connectivity index (χ3v) is 4.13. The van der Waals surface area contributed by atoms with E-state index < -0.39 is 12.1 Å². The lowest BCUT2D eigenvalue weighted by molar-refractivity contribution is 0.0299. The molecular weight excluding hydrogens is 354 g/mol. The van der Waals surface area contributed by atoms with Gasteiger partial charge in [0.2, 0.25) is 0 Å². The molecule has 2 rings (SSSR count). The lowest BCUT2D eigenvalue weighted by Crippen LogP contribution is -2.14. The molecule has 0 aliphatic carbocycles. The van der Waals surface area contributed by atoms with Crippen LogP contribution in [0, 0.1) is 5.41 Å². The third-order valence-electron chi connectivity index (χ3n) is 4.13. The van der Waals surface area contributed by atoms with Gasteiger partial charge in [0.1, 0.15) is 23.2 Å². The molecule has 5 heteroatoms. The Morgan fingerprint density at radius 1 is 1.25 bits per heavy atom. The van der Waals surface area contributed by atoms with Gasteiger partial charge in [0.05, 0.1) is 0 Å². The van der Waals surface area contributed by atoms with Gasteiger partial charge >= 0.3 is 5.97 Å². The number of ether oxygens (including phenoxy) is 1. The van der Waals surface area contributed by atoms with E-state index in [4.69, 9.17) is 10.1 Å². The second-order valence-electron chi connectivity index (χ2n) is 6.34. The zero-order valence-corrected chi connectivity index (χ0v) is 15.9. The maximum absolute atomic E-state index is 12.9. The van der Waals surface area contributed by atoms with Gasteiger partial charge in [-0.2, -0.15) is 0 Å². The van der Waals surface area contributed by atoms with Gasteiger partial charge in [0.25, 0.3) is 0 Å². The summed E-state index contributed by atoms with van der Waals surface area (Å²) < 4.78 is 5.65. The van der Waals surface area contributed by atoms with Crippen LogP contribution in [0.3, 0.4) is 0 Å². The van der Waals surface area contributed by atoms with Crippen LogP contribution in [0.2, 0.25) is 0 Å². The first-order valence-corrected chi connectivity index (χ1v) is 9.11. The summed E-state index contributed by atoms with van der Waals surface area (Å²) in [6, 6.07) is 11.7. The molecule has 0 aliphatic heterocycles. The van der Waals surface area contributed by atoms with Crippen molar-refractivity contribution in [1.29, 1.82) is 5.41 Å². The summed E-state index contributed by atoms with van der Waals surface area (Å²) >= 11 is 0. The third kappa shape index (κ3) is 5.58. The van der Waals surface area contributed by atoms with E-state index in [9.17, 15) is 15.0 Å². The Labute approximate surface area is 165 Å². The van der Waals surface area contributed by atoms with E-state index in [1.165, 1.54) is 6.07 Å². The quantitative estimate of drug-likeness (QED) is 0.321. The fourth-order valence-corrected chi connectivity index (χ4v) is 2.83. The molecule has 3 N–H and O–H groups in total. The minimum atomic E-state index is -0.713. The standard InChI is InChI=1S/C23H25NO4/c1-3-5-12-18(24)13-17-14-19(25)15-20(26)22(17)23(27)28-21(9-4-2)16-10-7-6-8-11-16/h4-8,10-12,14-15,21,24-26H,2-3,9,13H2,1H3/b12-5+,24-18?/t21-/m0/s1. The molecule has 1 atom stereocenters. The number of phenolic OH excluding ortho intramolecular Hbond substituents is 2. The molecule has 0 radical (unpaired) electrons. The van der Waals surface area contributed by atoms with Gasteiger partial charge in [0.15, 0.2) is 0 Å². The molecule has 0 spiro atoms. The number of carbonyl (C=O) groups is 1. The number of aromatic hydroxyl groups is 2. The highest BCUT2D eigenvalue weighted by Crippen LogP contribution is 2.31. The van der Waals surface area contributed by atoms with E-state index >= 15 is 0 Å². The largest absolute Gasteiger partial charge is 0.508 e. The van der Waals surface area contributed by atoms with Crippen molar-refractivity contribution in [3.8, 4) is 11.5 Å². The number of esters is 1. The number of phenols is 2. The van der Waals surface area contributed by atoms with Gasteiger partial charge in [-0.25, -0.2) is 4.79 Å². The molecular formula is C23H25NO4. The maximum atomic E-state index is 12.9. The zero-order valence-electron chi connectivity index (χ0n) is 15.9. The SMILES string of the molecule is C=CC[C@H](OC(=O)c1c(O)cc(O)cc1CC(=N)/C=C/CC)c1ccccc1. The van der Waals surface area contributed by atoms with Gasteiger partial charge in [0, 0.05) is 24.6 Å². The first kappa shape index (κ1) is 21.0. The zero-order chi connectivity index (χ0) is 20.5. The lowest BCUT2D eigenvalue weighted by Gasteiger charge is -2.19. The predicted octanol–water partition coefficient (Wildman–Crippen LogP) is 5.10. The summed E-state index contributed by atoms with van der Waals surface area (Å²) in [6.07, 6.45) is 5.86. The van der Waals surface area contributed by atoms with Gasteiger partial charge in [-0.3, -0.25) is 0 Å². The second-order valence-corrected chi connectivity index (χ2v) is 6.34. The van der Waals surface area contributed by atoms with Crippen LogP contribution in [0.25, 0.3) is 0 Å². The Bertz CT molecular complexity index is 872. The van der Waals surface area contributed by atoms with Crippen molar-refractivity contribution >= 4 is 11.7 Å². The van der Waals surface area contributed by atoms with Crippen molar-refractivity contribution in [2.24, 2.45) is 0 Å². The average molecular weight is 379 g/mol. The molecule has 2 aromatic rings. The number of allylic oxidation sites excluding steroid dienone is 2. The fraction of sp³-hybridized carbons (Fsp3) is 0.217. The highest BCUT2D eigenvalue weighted by Gasteiger charge is 2.23. The molecule has 0 unspecified atom stereocenters. The molecule has 0 bridgehead atoms. The van der Waals surface area contributed by atoms with Crippen molar-refractivity contribution in [1.82, 2.24) is 0 Å². The molecule has 2 aromatic carbocycles. The number of hydrogen-bond acceptors (Lipinski definition) is 5. The first-order valence-electron chi connectivity index (χ1n) is 9.11. The molecule has 0 amide bonds. The molecule has 146 valence electrons. The number of hydrogen-bond donors (Lipinski definition) is 3. The maximum Gasteiger partial charge on any atom is 0.342 e. The summed E-state index contributed by atoms with van der Waals surface area (Å²) in [4.78, 5) is 12.9. The smallest absolute Gasteiger partial charge is 0.342 e. The highest BCUT2D eigenvalue weighted by molar-refractivity contribution is 5.99. The van der Waals surface area contributed by atoms with Crippen molar-refractivity contribution in [2.75, 3.05) is 0 Å². The minimum Gasteiger partial charge on any atom is -0.508 e. The molecule has 0 saturated carbocycles. The van der Waals surface area contributed by atoms with Gasteiger partial charge in [-0.15, -0.1) is 6.58 Å². The number of carbonyl (C=O) groups excluding carboxylic acids is 1. The molecule has 0 heterocycles. The van der Waals surface area contributed by atoms with Gasteiger partial charge in [-0.1, -0.05) is 49.4 Å². The van der Waals surface area contributed by atoms with E-state index in [0.29, 0.717) is 12.0 Å². The van der Waals surface area contributed by atoms with Crippen LogP contribution in [0.15, 0.2) is 67.3 Å². The van der Waals surface area contributed by atoms with Crippen LogP contribution in [0.5, 0.6) is 11.5 Å². The summed E-state index contributed by atoms with van der Waals surface area (Å²) in [5.41, 5.74) is 1.36. The Morgan fingerprint density at radius 3 is 2.61 bits per heavy atom. The highest BCUT2D eigenvalue weighted by atomic mass is 16.5. The number of benzene rings is 2. The van der Waals surface area contributed by atoms with Crippen molar-refractivity contribution in [3.63, 3.8) is 0 Å². The average Bonchev–Trinajstić information content (AvgIpc) is 2.66. The Hall–Kier alpha value is -3.34. The predicted molar refractivity (Wildman–Crippen MR) is 110 cm³/mol. The monoisotopic (exact) mass is 379 g/mol. The first-order chi connectivity index (χ1) is 13.5. The summed E-state index contributed by atoms with van der Waals surface area (Å²) in [5, 5.41) is 28.1. The van der Waals surface area contributed by atoms with E-state index in [1.54, 1.807) is 12.2 Å². The Balaban J connectivity index is 2.34. The fourth-order valence-electron chi connectivity index (χ4n) is 2.83. The van der Waals surface area contributed by atoms with Gasteiger partial charge < -0.3 is 20.4 Å². The van der Waals surface area contributed by atoms with Crippen LogP contribution in [-0.2, 0) is 11.2 Å². The summed E-state index contributed by atoms with van der Waals surface area (Å²) in [5.74, 6) is -1.27. The number of rotatable bonds is 9. The van der Waals surface area contributed by atoms with Gasteiger partial charge in [-0.05, 0) is 29.7 Å². The topological polar surface area (TPSA) is 90.6 Å². The van der Waals surface area contributed by atoms with Crippen molar-refractivity contribution < 1.29 is 19.7 Å². The molecule has 28 heavy (non-hydrogen) atoms. The van der Waals surface area contributed by atoms with Crippen molar-refractivity contribution in [2.45, 2.75) is 32.3 Å². The molecule has 0 saturated heterocycles.